The van der Waals surface area contributed by atoms with Gasteiger partial charge in [0, 0.05) is 13.1 Å². The highest BCUT2D eigenvalue weighted by molar-refractivity contribution is 7.92. The first-order valence-corrected chi connectivity index (χ1v) is 13.1. The van der Waals surface area contributed by atoms with Crippen molar-refractivity contribution in [3.05, 3.63) is 65.7 Å². The van der Waals surface area contributed by atoms with Crippen LogP contribution in [0.4, 0.5) is 5.69 Å². The number of anilines is 1. The number of hydrogen-bond donors (Lipinski definition) is 1. The molecule has 0 spiro atoms. The first-order valence-electron chi connectivity index (χ1n) is 11.3. The molecule has 1 atom stereocenters. The Kier molecular flexibility index (Phi) is 9.46. The molecule has 0 aliphatic carbocycles. The average Bonchev–Trinajstić information content (AvgIpc) is 2.77. The zero-order valence-electron chi connectivity index (χ0n) is 20.1. The summed E-state index contributed by atoms with van der Waals surface area (Å²) in [7, 11) is -3.75. The number of nitrogens with one attached hydrogen (secondary N) is 1. The van der Waals surface area contributed by atoms with E-state index in [-0.39, 0.29) is 24.9 Å². The molecule has 7 nitrogen and oxygen atoms in total. The molecule has 0 aliphatic rings. The van der Waals surface area contributed by atoms with Gasteiger partial charge in [0.05, 0.1) is 11.9 Å². The average molecular weight is 474 g/mol. The van der Waals surface area contributed by atoms with Gasteiger partial charge in [0.25, 0.3) is 0 Å². The molecule has 8 heteroatoms. The molecule has 33 heavy (non-hydrogen) atoms. The lowest BCUT2D eigenvalue weighted by Crippen LogP contribution is -2.52. The van der Waals surface area contributed by atoms with Crippen LogP contribution in [0, 0.1) is 0 Å². The summed E-state index contributed by atoms with van der Waals surface area (Å²) in [4.78, 5) is 27.9. The summed E-state index contributed by atoms with van der Waals surface area (Å²) in [6.45, 7) is 7.88. The van der Waals surface area contributed by atoms with Crippen molar-refractivity contribution in [1.29, 1.82) is 0 Å². The Morgan fingerprint density at radius 1 is 0.970 bits per heavy atom. The second-order valence-electron chi connectivity index (χ2n) is 8.31. The number of amides is 2. The van der Waals surface area contributed by atoms with Crippen LogP contribution in [0.25, 0.3) is 0 Å². The van der Waals surface area contributed by atoms with E-state index in [4.69, 9.17) is 0 Å². The van der Waals surface area contributed by atoms with Crippen molar-refractivity contribution in [2.75, 3.05) is 23.7 Å². The van der Waals surface area contributed by atoms with Crippen LogP contribution in [0.2, 0.25) is 0 Å². The molecule has 0 aliphatic heterocycles. The van der Waals surface area contributed by atoms with E-state index in [0.717, 1.165) is 21.7 Å². The molecule has 0 saturated heterocycles. The van der Waals surface area contributed by atoms with E-state index in [1.807, 2.05) is 70.2 Å². The fourth-order valence-electron chi connectivity index (χ4n) is 3.79. The minimum absolute atomic E-state index is 0.0692. The third-order valence-electron chi connectivity index (χ3n) is 5.44. The number of sulfonamides is 1. The van der Waals surface area contributed by atoms with E-state index in [0.29, 0.717) is 18.7 Å². The van der Waals surface area contributed by atoms with Gasteiger partial charge in [-0.05, 0) is 36.5 Å². The highest BCUT2D eigenvalue weighted by Crippen LogP contribution is 2.29. The molecule has 0 bridgehead atoms. The van der Waals surface area contributed by atoms with Crippen molar-refractivity contribution < 1.29 is 18.0 Å². The molecule has 0 unspecified atom stereocenters. The predicted octanol–water partition coefficient (Wildman–Crippen LogP) is 3.52. The number of carbonyl (C=O) groups is 2. The van der Waals surface area contributed by atoms with Crippen LogP contribution in [0.3, 0.4) is 0 Å². The van der Waals surface area contributed by atoms with Crippen LogP contribution >= 0.6 is 0 Å². The summed E-state index contributed by atoms with van der Waals surface area (Å²) in [5, 5.41) is 2.79. The smallest absolute Gasteiger partial charge is 0.244 e. The second-order valence-corrected chi connectivity index (χ2v) is 10.2. The lowest BCUT2D eigenvalue weighted by molar-refractivity contribution is -0.140. The molecule has 0 fully saturated rings. The van der Waals surface area contributed by atoms with E-state index < -0.39 is 22.0 Å². The fraction of sp³-hybridized carbons (Fsp3) is 0.440. The molecule has 180 valence electrons. The van der Waals surface area contributed by atoms with Gasteiger partial charge >= 0.3 is 0 Å². The van der Waals surface area contributed by atoms with Gasteiger partial charge in [-0.2, -0.15) is 0 Å². The maximum absolute atomic E-state index is 13.6. The molecule has 2 aromatic carbocycles. The van der Waals surface area contributed by atoms with Crippen LogP contribution in [0.15, 0.2) is 54.6 Å². The number of likely N-dealkylation sites (N-methyl/N-ethyl adjacent to an activating group) is 1. The normalized spacial score (nSPS) is 12.3. The van der Waals surface area contributed by atoms with Gasteiger partial charge < -0.3 is 10.2 Å². The van der Waals surface area contributed by atoms with Crippen LogP contribution in [-0.2, 0) is 26.2 Å². The summed E-state index contributed by atoms with van der Waals surface area (Å²) in [5.41, 5.74) is 2.18. The summed E-state index contributed by atoms with van der Waals surface area (Å²) in [6, 6.07) is 15.9. The van der Waals surface area contributed by atoms with E-state index in [9.17, 15) is 18.0 Å². The minimum Gasteiger partial charge on any atom is -0.355 e. The van der Waals surface area contributed by atoms with Gasteiger partial charge in [0.1, 0.15) is 12.6 Å². The van der Waals surface area contributed by atoms with Gasteiger partial charge in [-0.25, -0.2) is 8.42 Å². The van der Waals surface area contributed by atoms with Crippen molar-refractivity contribution >= 4 is 27.5 Å². The first kappa shape index (κ1) is 26.4. The summed E-state index contributed by atoms with van der Waals surface area (Å²) in [6.07, 6.45) is 1.51. The first-order chi connectivity index (χ1) is 15.6. The zero-order chi connectivity index (χ0) is 24.6. The fourth-order valence-corrected chi connectivity index (χ4v) is 4.66. The molecule has 1 N–H and O–H groups in total. The van der Waals surface area contributed by atoms with E-state index in [1.54, 1.807) is 12.1 Å². The van der Waals surface area contributed by atoms with E-state index >= 15 is 0 Å². The largest absolute Gasteiger partial charge is 0.355 e. The van der Waals surface area contributed by atoms with Gasteiger partial charge in [-0.15, -0.1) is 0 Å². The Morgan fingerprint density at radius 2 is 1.58 bits per heavy atom. The van der Waals surface area contributed by atoms with E-state index in [1.165, 1.54) is 4.90 Å². The molecule has 0 saturated carbocycles. The minimum atomic E-state index is -3.75. The number of hydrogen-bond acceptors (Lipinski definition) is 4. The van der Waals surface area contributed by atoms with Crippen molar-refractivity contribution in [3.63, 3.8) is 0 Å². The van der Waals surface area contributed by atoms with Crippen molar-refractivity contribution in [3.8, 4) is 0 Å². The quantitative estimate of drug-likeness (QED) is 0.541. The SMILES string of the molecule is CCNC(=O)[C@H](CC)N(Cc1ccccc1)C(=O)CN(c1ccccc1C(C)C)S(C)(=O)=O. The topological polar surface area (TPSA) is 86.8 Å². The highest BCUT2D eigenvalue weighted by atomic mass is 32.2. The lowest BCUT2D eigenvalue weighted by atomic mass is 10.0. The molecule has 2 aromatic rings. The molecular formula is C25H35N3O4S. The van der Waals surface area contributed by atoms with Crippen LogP contribution in [-0.4, -0.2) is 50.5 Å². The van der Waals surface area contributed by atoms with Gasteiger partial charge in [0.2, 0.25) is 21.8 Å². The van der Waals surface area contributed by atoms with Gasteiger partial charge in [0.15, 0.2) is 0 Å². The second kappa shape index (κ2) is 11.8. The Labute approximate surface area is 197 Å². The Balaban J connectivity index is 2.47. The predicted molar refractivity (Wildman–Crippen MR) is 132 cm³/mol. The lowest BCUT2D eigenvalue weighted by Gasteiger charge is -2.33. The molecule has 0 heterocycles. The molecule has 0 radical (unpaired) electrons. The standard InChI is InChI=1S/C25H35N3O4S/c1-6-22(25(30)26-7-2)27(17-20-13-9-8-10-14-20)24(29)18-28(33(5,31)32)23-16-12-11-15-21(23)19(3)4/h8-16,19,22H,6-7,17-18H2,1-5H3,(H,26,30)/t22-/m0/s1. The number of nitrogens with zero attached hydrogens (tertiary/aromatic N) is 2. The Bertz CT molecular complexity index is 1040. The number of rotatable bonds is 11. The van der Waals surface area contributed by atoms with Crippen molar-refractivity contribution in [1.82, 2.24) is 10.2 Å². The van der Waals surface area contributed by atoms with Crippen molar-refractivity contribution in [2.45, 2.75) is 52.6 Å². The zero-order valence-corrected chi connectivity index (χ0v) is 20.9. The summed E-state index contributed by atoms with van der Waals surface area (Å²) < 4.78 is 26.7. The van der Waals surface area contributed by atoms with Gasteiger partial charge in [-0.3, -0.25) is 13.9 Å². The third kappa shape index (κ3) is 7.05. The maximum atomic E-state index is 13.6. The number of carbonyl (C=O) groups excluding carboxylic acids is 2. The van der Waals surface area contributed by atoms with E-state index in [2.05, 4.69) is 5.32 Å². The number of para-hydroxylation sites is 1. The summed E-state index contributed by atoms with van der Waals surface area (Å²) >= 11 is 0. The van der Waals surface area contributed by atoms with Crippen LogP contribution < -0.4 is 9.62 Å². The maximum Gasteiger partial charge on any atom is 0.244 e. The Morgan fingerprint density at radius 3 is 2.12 bits per heavy atom. The monoisotopic (exact) mass is 473 g/mol. The highest BCUT2D eigenvalue weighted by Gasteiger charge is 2.32. The summed E-state index contributed by atoms with van der Waals surface area (Å²) in [5.74, 6) is -0.613. The molecule has 2 amide bonds. The van der Waals surface area contributed by atoms with Crippen LogP contribution in [0.5, 0.6) is 0 Å². The third-order valence-corrected chi connectivity index (χ3v) is 6.57. The molecular weight excluding hydrogens is 438 g/mol. The molecule has 0 aromatic heterocycles. The van der Waals surface area contributed by atoms with Crippen molar-refractivity contribution in [2.24, 2.45) is 0 Å². The van der Waals surface area contributed by atoms with Crippen LogP contribution in [0.1, 0.15) is 51.2 Å². The van der Waals surface area contributed by atoms with Gasteiger partial charge in [-0.1, -0.05) is 69.3 Å². The molecule has 2 rings (SSSR count). The number of benzene rings is 2. The Hall–Kier alpha value is -2.87.